The Hall–Kier alpha value is -0.270. The fourth-order valence-corrected chi connectivity index (χ4v) is 0.711. The molecule has 0 N–H and O–H groups in total. The SMILES string of the molecule is Clc1[c]c(Cl)cnc1. The summed E-state index contributed by atoms with van der Waals surface area (Å²) >= 11 is 10.9. The van der Waals surface area contributed by atoms with Crippen LogP contribution in [0.4, 0.5) is 0 Å². The first-order valence-electron chi connectivity index (χ1n) is 1.97. The van der Waals surface area contributed by atoms with E-state index < -0.39 is 0 Å². The van der Waals surface area contributed by atoms with Gasteiger partial charge in [0.15, 0.2) is 0 Å². The van der Waals surface area contributed by atoms with Crippen LogP contribution < -0.4 is 0 Å². The summed E-state index contributed by atoms with van der Waals surface area (Å²) in [5, 5.41) is 0.884. The number of pyridine rings is 1. The zero-order valence-electron chi connectivity index (χ0n) is 3.86. The second-order valence-electron chi connectivity index (χ2n) is 1.23. The Morgan fingerprint density at radius 3 is 2.00 bits per heavy atom. The maximum atomic E-state index is 5.44. The normalized spacial score (nSPS) is 9.25. The average molecular weight is 147 g/mol. The molecule has 0 fully saturated rings. The van der Waals surface area contributed by atoms with Crippen LogP contribution in [0.3, 0.4) is 0 Å². The highest BCUT2D eigenvalue weighted by atomic mass is 35.5. The molecule has 0 aliphatic rings. The molecule has 1 radical (unpaired) electrons. The van der Waals surface area contributed by atoms with Crippen LogP contribution in [0.1, 0.15) is 0 Å². The molecule has 41 valence electrons. The molecule has 3 heteroatoms. The summed E-state index contributed by atoms with van der Waals surface area (Å²) in [4.78, 5) is 3.69. The maximum Gasteiger partial charge on any atom is 0.0683 e. The summed E-state index contributed by atoms with van der Waals surface area (Å²) in [5.41, 5.74) is 0. The molecule has 1 heterocycles. The lowest BCUT2D eigenvalue weighted by atomic mass is 10.5. The molecule has 0 aromatic carbocycles. The fraction of sp³-hybridized carbons (Fsp3) is 0. The van der Waals surface area contributed by atoms with E-state index in [0.29, 0.717) is 10.0 Å². The Balaban J connectivity index is 3.08. The molecule has 8 heavy (non-hydrogen) atoms. The van der Waals surface area contributed by atoms with E-state index in [2.05, 4.69) is 11.1 Å². The van der Waals surface area contributed by atoms with Crippen LogP contribution in [0, 0.1) is 6.07 Å². The van der Waals surface area contributed by atoms with Gasteiger partial charge >= 0.3 is 0 Å². The van der Waals surface area contributed by atoms with Crippen molar-refractivity contribution in [2.75, 3.05) is 0 Å². The number of hydrogen-bond acceptors (Lipinski definition) is 1. The van der Waals surface area contributed by atoms with Crippen LogP contribution in [-0.2, 0) is 0 Å². The second kappa shape index (κ2) is 2.33. The third-order valence-corrected chi connectivity index (χ3v) is 0.999. The van der Waals surface area contributed by atoms with Crippen LogP contribution in [0.15, 0.2) is 12.4 Å². The first kappa shape index (κ1) is 5.86. The van der Waals surface area contributed by atoms with Gasteiger partial charge in [-0.05, 0) is 0 Å². The molecular formula is C5H2Cl2N. The number of rotatable bonds is 0. The zero-order valence-corrected chi connectivity index (χ0v) is 5.37. The van der Waals surface area contributed by atoms with Gasteiger partial charge in [0.2, 0.25) is 0 Å². The monoisotopic (exact) mass is 146 g/mol. The van der Waals surface area contributed by atoms with Crippen LogP contribution in [0.2, 0.25) is 10.0 Å². The van der Waals surface area contributed by atoms with Gasteiger partial charge in [-0.3, -0.25) is 4.98 Å². The maximum absolute atomic E-state index is 5.44. The highest BCUT2D eigenvalue weighted by Gasteiger charge is 1.87. The standard InChI is InChI=1S/C5H2Cl2N/c6-4-1-5(7)3-8-2-4/h2-3H. The Labute approximate surface area is 57.3 Å². The molecule has 0 amide bonds. The van der Waals surface area contributed by atoms with Gasteiger partial charge in [0.05, 0.1) is 10.0 Å². The molecule has 1 aromatic rings. The Morgan fingerprint density at radius 2 is 1.75 bits per heavy atom. The van der Waals surface area contributed by atoms with E-state index >= 15 is 0 Å². The molecule has 0 spiro atoms. The highest BCUT2D eigenvalue weighted by molar-refractivity contribution is 6.34. The van der Waals surface area contributed by atoms with Gasteiger partial charge < -0.3 is 0 Å². The van der Waals surface area contributed by atoms with Crippen molar-refractivity contribution in [3.63, 3.8) is 0 Å². The molecule has 0 saturated carbocycles. The molecule has 0 saturated heterocycles. The third kappa shape index (κ3) is 1.35. The second-order valence-corrected chi connectivity index (χ2v) is 2.04. The lowest BCUT2D eigenvalue weighted by Crippen LogP contribution is -1.69. The van der Waals surface area contributed by atoms with E-state index in [1.807, 2.05) is 0 Å². The number of aromatic nitrogens is 1. The molecule has 0 bridgehead atoms. The smallest absolute Gasteiger partial charge is 0.0683 e. The average Bonchev–Trinajstić information content (AvgIpc) is 1.64. The summed E-state index contributed by atoms with van der Waals surface area (Å²) < 4.78 is 0. The Morgan fingerprint density at radius 1 is 1.25 bits per heavy atom. The molecule has 1 aromatic heterocycles. The topological polar surface area (TPSA) is 12.9 Å². The lowest BCUT2D eigenvalue weighted by Gasteiger charge is -1.84. The quantitative estimate of drug-likeness (QED) is 0.548. The molecular weight excluding hydrogens is 145 g/mol. The minimum absolute atomic E-state index is 0.442. The van der Waals surface area contributed by atoms with E-state index in [0.717, 1.165) is 0 Å². The van der Waals surface area contributed by atoms with Crippen molar-refractivity contribution in [2.24, 2.45) is 0 Å². The van der Waals surface area contributed by atoms with Crippen molar-refractivity contribution in [3.8, 4) is 0 Å². The van der Waals surface area contributed by atoms with E-state index in [4.69, 9.17) is 23.2 Å². The van der Waals surface area contributed by atoms with Crippen molar-refractivity contribution in [1.29, 1.82) is 0 Å². The predicted molar refractivity (Wildman–Crippen MR) is 33.1 cm³/mol. The first-order valence-corrected chi connectivity index (χ1v) is 2.73. The summed E-state index contributed by atoms with van der Waals surface area (Å²) in [6.07, 6.45) is 2.96. The van der Waals surface area contributed by atoms with E-state index in [1.54, 1.807) is 0 Å². The Kier molecular flexibility index (Phi) is 1.71. The molecule has 0 aliphatic heterocycles. The minimum atomic E-state index is 0.442. The van der Waals surface area contributed by atoms with Crippen LogP contribution in [0.5, 0.6) is 0 Å². The van der Waals surface area contributed by atoms with Crippen LogP contribution in [0.25, 0.3) is 0 Å². The largest absolute Gasteiger partial charge is 0.262 e. The van der Waals surface area contributed by atoms with Crippen molar-refractivity contribution in [1.82, 2.24) is 4.98 Å². The molecule has 0 aliphatic carbocycles. The molecule has 1 nitrogen and oxygen atoms in total. The summed E-state index contributed by atoms with van der Waals surface area (Å²) in [5.74, 6) is 0. The van der Waals surface area contributed by atoms with E-state index in [9.17, 15) is 0 Å². The third-order valence-electron chi connectivity index (χ3n) is 0.615. The predicted octanol–water partition coefficient (Wildman–Crippen LogP) is 2.19. The highest BCUT2D eigenvalue weighted by Crippen LogP contribution is 2.10. The number of hydrogen-bond donors (Lipinski definition) is 0. The minimum Gasteiger partial charge on any atom is -0.262 e. The molecule has 0 atom stereocenters. The summed E-state index contributed by atoms with van der Waals surface area (Å²) in [6.45, 7) is 0. The van der Waals surface area contributed by atoms with Gasteiger partial charge in [0, 0.05) is 18.5 Å². The zero-order chi connectivity index (χ0) is 5.98. The van der Waals surface area contributed by atoms with Gasteiger partial charge in [-0.15, -0.1) is 0 Å². The number of halogens is 2. The van der Waals surface area contributed by atoms with Crippen LogP contribution in [-0.4, -0.2) is 4.98 Å². The van der Waals surface area contributed by atoms with Gasteiger partial charge in [-0.2, -0.15) is 0 Å². The van der Waals surface area contributed by atoms with Gasteiger partial charge in [0.25, 0.3) is 0 Å². The molecule has 0 unspecified atom stereocenters. The Bertz CT molecular complexity index is 170. The van der Waals surface area contributed by atoms with Crippen molar-refractivity contribution >= 4 is 23.2 Å². The van der Waals surface area contributed by atoms with Gasteiger partial charge in [0.1, 0.15) is 0 Å². The van der Waals surface area contributed by atoms with Crippen molar-refractivity contribution in [2.45, 2.75) is 0 Å². The van der Waals surface area contributed by atoms with Crippen LogP contribution >= 0.6 is 23.2 Å². The van der Waals surface area contributed by atoms with E-state index in [-0.39, 0.29) is 0 Å². The van der Waals surface area contributed by atoms with Crippen molar-refractivity contribution in [3.05, 3.63) is 28.5 Å². The lowest BCUT2D eigenvalue weighted by molar-refractivity contribution is 1.33. The van der Waals surface area contributed by atoms with Crippen molar-refractivity contribution < 1.29 is 0 Å². The number of nitrogens with zero attached hydrogens (tertiary/aromatic N) is 1. The van der Waals surface area contributed by atoms with Gasteiger partial charge in [-0.25, -0.2) is 0 Å². The summed E-state index contributed by atoms with van der Waals surface area (Å²) in [7, 11) is 0. The van der Waals surface area contributed by atoms with E-state index in [1.165, 1.54) is 12.4 Å². The molecule has 1 rings (SSSR count). The summed E-state index contributed by atoms with van der Waals surface area (Å²) in [6, 6.07) is 2.64. The fourth-order valence-electron chi connectivity index (χ4n) is 0.347. The van der Waals surface area contributed by atoms with Gasteiger partial charge in [-0.1, -0.05) is 23.2 Å². The first-order chi connectivity index (χ1) is 3.79.